The number of imide groups is 1. The Morgan fingerprint density at radius 1 is 1.45 bits per heavy atom. The predicted octanol–water partition coefficient (Wildman–Crippen LogP) is 2.43. The number of hydrogen-bond donors (Lipinski definition) is 2. The minimum Gasteiger partial charge on any atom is -0.351 e. The molecule has 0 spiro atoms. The molecule has 0 saturated heterocycles. The Morgan fingerprint density at radius 3 is 2.60 bits per heavy atom. The van der Waals surface area contributed by atoms with Crippen LogP contribution in [0.1, 0.15) is 12.0 Å². The molecular weight excluding hydrogens is 319 g/mol. The van der Waals surface area contributed by atoms with E-state index in [9.17, 15) is 22.8 Å². The van der Waals surface area contributed by atoms with E-state index in [-0.39, 0.29) is 22.2 Å². The molecule has 20 heavy (non-hydrogen) atoms. The number of nitrogens with two attached hydrogens (primary N) is 1. The van der Waals surface area contributed by atoms with Gasteiger partial charge in [-0.1, -0.05) is 11.6 Å². The Labute approximate surface area is 121 Å². The minimum atomic E-state index is -4.51. The van der Waals surface area contributed by atoms with Crippen LogP contribution in [0.4, 0.5) is 18.0 Å². The maximum Gasteiger partial charge on any atom is 0.417 e. The Balaban J connectivity index is 2.57. The van der Waals surface area contributed by atoms with E-state index in [1.165, 1.54) is 0 Å². The van der Waals surface area contributed by atoms with Crippen molar-refractivity contribution < 1.29 is 22.8 Å². The lowest BCUT2D eigenvalue weighted by Gasteiger charge is -2.08. The van der Waals surface area contributed by atoms with Gasteiger partial charge < -0.3 is 5.73 Å². The van der Waals surface area contributed by atoms with Gasteiger partial charge in [0, 0.05) is 18.4 Å². The lowest BCUT2D eigenvalue weighted by atomic mass is 10.3. The molecule has 0 aromatic carbocycles. The first kappa shape index (κ1) is 16.6. The van der Waals surface area contributed by atoms with Gasteiger partial charge in [-0.25, -0.2) is 9.78 Å². The van der Waals surface area contributed by atoms with Gasteiger partial charge in [0.15, 0.2) is 0 Å². The number of nitrogens with one attached hydrogen (secondary N) is 1. The molecule has 110 valence electrons. The molecule has 0 aliphatic rings. The van der Waals surface area contributed by atoms with Crippen molar-refractivity contribution in [3.63, 3.8) is 0 Å². The Morgan fingerprint density at radius 2 is 2.10 bits per heavy atom. The summed E-state index contributed by atoms with van der Waals surface area (Å²) in [4.78, 5) is 25.0. The van der Waals surface area contributed by atoms with E-state index in [1.54, 1.807) is 0 Å². The van der Waals surface area contributed by atoms with Gasteiger partial charge >= 0.3 is 12.2 Å². The average Bonchev–Trinajstić information content (AvgIpc) is 2.28. The summed E-state index contributed by atoms with van der Waals surface area (Å²) < 4.78 is 37.1. The van der Waals surface area contributed by atoms with E-state index in [2.05, 4.69) is 4.98 Å². The number of hydrogen-bond acceptors (Lipinski definition) is 4. The van der Waals surface area contributed by atoms with Crippen LogP contribution >= 0.6 is 23.4 Å². The number of halogens is 4. The monoisotopic (exact) mass is 327 g/mol. The van der Waals surface area contributed by atoms with Crippen LogP contribution in [0.15, 0.2) is 17.3 Å². The average molecular weight is 328 g/mol. The molecular formula is C10H9ClF3N3O2S. The van der Waals surface area contributed by atoms with Gasteiger partial charge in [0.2, 0.25) is 5.91 Å². The standard InChI is InChI=1S/C10H9ClF3N3O2S/c11-6-3-5(10(12,13)14)4-16-8(6)20-2-1-7(18)17-9(15)19/h3-4H,1-2H2,(H3,15,17,18,19). The summed E-state index contributed by atoms with van der Waals surface area (Å²) in [6.07, 6.45) is -3.90. The highest BCUT2D eigenvalue weighted by atomic mass is 35.5. The van der Waals surface area contributed by atoms with E-state index in [0.29, 0.717) is 6.20 Å². The molecule has 1 rings (SSSR count). The molecule has 0 fully saturated rings. The van der Waals surface area contributed by atoms with E-state index in [0.717, 1.165) is 17.8 Å². The van der Waals surface area contributed by atoms with E-state index in [1.807, 2.05) is 5.32 Å². The second-order valence-corrected chi connectivity index (χ2v) is 5.01. The Hall–Kier alpha value is -1.48. The predicted molar refractivity (Wildman–Crippen MR) is 67.3 cm³/mol. The number of amides is 3. The number of pyridine rings is 1. The third-order valence-electron chi connectivity index (χ3n) is 1.97. The van der Waals surface area contributed by atoms with Crippen molar-refractivity contribution in [2.24, 2.45) is 5.73 Å². The summed E-state index contributed by atoms with van der Waals surface area (Å²) in [5.74, 6) is -0.398. The molecule has 0 bridgehead atoms. The highest BCUT2D eigenvalue weighted by molar-refractivity contribution is 7.99. The van der Waals surface area contributed by atoms with Gasteiger partial charge in [-0.2, -0.15) is 13.2 Å². The maximum atomic E-state index is 12.4. The minimum absolute atomic E-state index is 0.0490. The summed E-state index contributed by atoms with van der Waals surface area (Å²) in [7, 11) is 0. The van der Waals surface area contributed by atoms with Gasteiger partial charge in [0.25, 0.3) is 0 Å². The highest BCUT2D eigenvalue weighted by Crippen LogP contribution is 2.33. The molecule has 3 amide bonds. The van der Waals surface area contributed by atoms with Crippen molar-refractivity contribution in [2.45, 2.75) is 17.6 Å². The summed E-state index contributed by atoms with van der Waals surface area (Å²) in [6.45, 7) is 0. The summed E-state index contributed by atoms with van der Waals surface area (Å²) >= 11 is 6.68. The van der Waals surface area contributed by atoms with Gasteiger partial charge in [0.1, 0.15) is 5.03 Å². The first-order valence-corrected chi connectivity index (χ1v) is 6.51. The molecule has 0 aliphatic heterocycles. The molecule has 1 heterocycles. The first-order chi connectivity index (χ1) is 9.20. The second kappa shape index (κ2) is 6.80. The molecule has 0 atom stereocenters. The number of alkyl halides is 3. The van der Waals surface area contributed by atoms with Gasteiger partial charge in [-0.15, -0.1) is 11.8 Å². The summed E-state index contributed by atoms with van der Waals surface area (Å²) in [5.41, 5.74) is 3.79. The van der Waals surface area contributed by atoms with Crippen LogP contribution in [-0.2, 0) is 11.0 Å². The molecule has 10 heteroatoms. The third kappa shape index (κ3) is 5.25. The largest absolute Gasteiger partial charge is 0.417 e. The zero-order chi connectivity index (χ0) is 15.3. The topological polar surface area (TPSA) is 85.1 Å². The highest BCUT2D eigenvalue weighted by Gasteiger charge is 2.31. The number of carbonyl (C=O) groups excluding carboxylic acids is 2. The Bertz CT molecular complexity index is 525. The third-order valence-corrected chi connectivity index (χ3v) is 3.37. The van der Waals surface area contributed by atoms with Crippen LogP contribution in [0, 0.1) is 0 Å². The molecule has 0 aliphatic carbocycles. The number of rotatable bonds is 4. The molecule has 0 unspecified atom stereocenters. The molecule has 1 aromatic rings. The first-order valence-electron chi connectivity index (χ1n) is 5.15. The van der Waals surface area contributed by atoms with Crippen LogP contribution in [0.3, 0.4) is 0 Å². The number of primary amides is 1. The van der Waals surface area contributed by atoms with Crippen molar-refractivity contribution in [3.8, 4) is 0 Å². The van der Waals surface area contributed by atoms with Crippen LogP contribution in [0.25, 0.3) is 0 Å². The maximum absolute atomic E-state index is 12.4. The SMILES string of the molecule is NC(=O)NC(=O)CCSc1ncc(C(F)(F)F)cc1Cl. The fourth-order valence-corrected chi connectivity index (χ4v) is 2.26. The lowest BCUT2D eigenvalue weighted by Crippen LogP contribution is -2.35. The van der Waals surface area contributed by atoms with E-state index >= 15 is 0 Å². The van der Waals surface area contributed by atoms with Crippen molar-refractivity contribution >= 4 is 35.3 Å². The zero-order valence-electron chi connectivity index (χ0n) is 9.83. The fraction of sp³-hybridized carbons (Fsp3) is 0.300. The van der Waals surface area contributed by atoms with Crippen LogP contribution in [0.2, 0.25) is 5.02 Å². The number of carbonyl (C=O) groups is 2. The molecule has 0 radical (unpaired) electrons. The molecule has 1 aromatic heterocycles. The van der Waals surface area contributed by atoms with Crippen LogP contribution < -0.4 is 11.1 Å². The fourth-order valence-electron chi connectivity index (χ4n) is 1.13. The second-order valence-electron chi connectivity index (χ2n) is 3.52. The van der Waals surface area contributed by atoms with E-state index < -0.39 is 23.7 Å². The number of aromatic nitrogens is 1. The summed E-state index contributed by atoms with van der Waals surface area (Å²) in [5, 5.41) is 1.88. The summed E-state index contributed by atoms with van der Waals surface area (Å²) in [6, 6.07) is -0.203. The van der Waals surface area contributed by atoms with Crippen LogP contribution in [0.5, 0.6) is 0 Å². The number of thioether (sulfide) groups is 1. The van der Waals surface area contributed by atoms with Crippen molar-refractivity contribution in [1.82, 2.24) is 10.3 Å². The lowest BCUT2D eigenvalue weighted by molar-refractivity contribution is -0.137. The number of nitrogens with zero attached hydrogens (tertiary/aromatic N) is 1. The smallest absolute Gasteiger partial charge is 0.351 e. The van der Waals surface area contributed by atoms with Crippen LogP contribution in [-0.4, -0.2) is 22.7 Å². The van der Waals surface area contributed by atoms with Gasteiger partial charge in [-0.3, -0.25) is 10.1 Å². The van der Waals surface area contributed by atoms with Gasteiger partial charge in [-0.05, 0) is 6.07 Å². The normalized spacial score (nSPS) is 11.2. The van der Waals surface area contributed by atoms with Crippen molar-refractivity contribution in [1.29, 1.82) is 0 Å². The molecule has 3 N–H and O–H groups in total. The van der Waals surface area contributed by atoms with E-state index in [4.69, 9.17) is 17.3 Å². The Kier molecular flexibility index (Phi) is 5.63. The van der Waals surface area contributed by atoms with Gasteiger partial charge in [0.05, 0.1) is 10.6 Å². The van der Waals surface area contributed by atoms with Crippen molar-refractivity contribution in [3.05, 3.63) is 22.8 Å². The quantitative estimate of drug-likeness (QED) is 0.832. The zero-order valence-corrected chi connectivity index (χ0v) is 11.4. The molecule has 0 saturated carbocycles. The van der Waals surface area contributed by atoms with Crippen molar-refractivity contribution in [2.75, 3.05) is 5.75 Å². The molecule has 5 nitrogen and oxygen atoms in total. The number of urea groups is 1.